The molecular weight excluding hydrogens is 743 g/mol. The summed E-state index contributed by atoms with van der Waals surface area (Å²) in [5, 5.41) is 12.1. The highest BCUT2D eigenvalue weighted by Crippen LogP contribution is 2.41. The predicted molar refractivity (Wildman–Crippen MR) is 253 cm³/mol. The second kappa shape index (κ2) is 16.4. The number of fused-ring (bicyclic) bond motifs is 3. The topological polar surface area (TPSA) is 67.4 Å². The second-order valence-corrected chi connectivity index (χ2v) is 16.2. The zero-order chi connectivity index (χ0) is 41.9. The Morgan fingerprint density at radius 1 is 0.574 bits per heavy atom. The van der Waals surface area contributed by atoms with Gasteiger partial charge in [-0.05, 0) is 75.7 Å². The predicted octanol–water partition coefficient (Wildman–Crippen LogP) is 13.9. The summed E-state index contributed by atoms with van der Waals surface area (Å²) >= 11 is 0. The first-order valence-corrected chi connectivity index (χ1v) is 20.4. The van der Waals surface area contributed by atoms with Crippen LogP contribution in [0.2, 0.25) is 0 Å². The Labute approximate surface area is 357 Å². The van der Waals surface area contributed by atoms with Gasteiger partial charge in [0, 0.05) is 33.0 Å². The van der Waals surface area contributed by atoms with E-state index in [2.05, 4.69) is 159 Å². The van der Waals surface area contributed by atoms with E-state index in [4.69, 9.17) is 15.0 Å². The number of aromatic nitrogens is 4. The summed E-state index contributed by atoms with van der Waals surface area (Å²) in [6.45, 7) is 11.4. The van der Waals surface area contributed by atoms with Crippen LogP contribution in [0, 0.1) is 11.3 Å². The van der Waals surface area contributed by atoms with Gasteiger partial charge in [0.1, 0.15) is 0 Å². The van der Waals surface area contributed by atoms with Gasteiger partial charge in [0.05, 0.1) is 28.4 Å². The standard InChI is InChI=1S/C56H43N5/c1-38(53-58-54(44-23-15-8-16-24-44)60-55(59-53)45-28-26-42(27-29-45)41-19-11-6-12-20-41)33-47(43-21-13-7-14-22-43)52(35-39-17-9-5-10-18-39)61-50-31-25-40(37-57)34-48(50)49-36-46(56(2,3)4)30-32-51(49)61/h5-36H,1H2,2-4H3/b47-33-,52-35-. The second-order valence-electron chi connectivity index (χ2n) is 16.2. The lowest BCUT2D eigenvalue weighted by Gasteiger charge is -2.20. The normalized spacial score (nSPS) is 12.1. The third-order valence-corrected chi connectivity index (χ3v) is 11.0. The van der Waals surface area contributed by atoms with Crippen molar-refractivity contribution in [1.82, 2.24) is 19.5 Å². The van der Waals surface area contributed by atoms with Crippen molar-refractivity contribution >= 4 is 44.7 Å². The third kappa shape index (κ3) is 7.96. The number of nitrogens with zero attached hydrogens (tertiary/aromatic N) is 5. The molecule has 0 bridgehead atoms. The van der Waals surface area contributed by atoms with E-state index < -0.39 is 0 Å². The molecule has 5 nitrogen and oxygen atoms in total. The van der Waals surface area contributed by atoms with Crippen LogP contribution in [0.25, 0.3) is 78.6 Å². The smallest absolute Gasteiger partial charge is 0.164 e. The zero-order valence-corrected chi connectivity index (χ0v) is 34.4. The van der Waals surface area contributed by atoms with Gasteiger partial charge >= 0.3 is 0 Å². The fourth-order valence-electron chi connectivity index (χ4n) is 7.76. The van der Waals surface area contributed by atoms with Crippen LogP contribution < -0.4 is 0 Å². The first kappa shape index (κ1) is 38.6. The van der Waals surface area contributed by atoms with E-state index in [9.17, 15) is 5.26 Å². The first-order chi connectivity index (χ1) is 29.7. The monoisotopic (exact) mass is 785 g/mol. The summed E-state index contributed by atoms with van der Waals surface area (Å²) in [5.74, 6) is 1.60. The molecule has 0 atom stereocenters. The Balaban J connectivity index is 1.27. The zero-order valence-electron chi connectivity index (χ0n) is 34.4. The molecule has 61 heavy (non-hydrogen) atoms. The van der Waals surface area contributed by atoms with E-state index in [0.717, 1.165) is 66.5 Å². The van der Waals surface area contributed by atoms with E-state index in [0.29, 0.717) is 28.6 Å². The Morgan fingerprint density at radius 2 is 1.08 bits per heavy atom. The molecule has 0 saturated heterocycles. The van der Waals surface area contributed by atoms with Gasteiger partial charge in [0.15, 0.2) is 17.5 Å². The number of benzene rings is 7. The van der Waals surface area contributed by atoms with Crippen LogP contribution in [-0.2, 0) is 5.41 Å². The summed E-state index contributed by atoms with van der Waals surface area (Å²) < 4.78 is 2.32. The molecule has 5 heteroatoms. The minimum Gasteiger partial charge on any atom is -0.309 e. The molecular formula is C56H43N5. The van der Waals surface area contributed by atoms with Crippen molar-refractivity contribution in [3.63, 3.8) is 0 Å². The lowest BCUT2D eigenvalue weighted by Crippen LogP contribution is -2.10. The number of rotatable bonds is 9. The molecule has 0 spiro atoms. The average Bonchev–Trinajstić information content (AvgIpc) is 3.63. The van der Waals surface area contributed by atoms with Crippen LogP contribution >= 0.6 is 0 Å². The number of hydrogen-bond acceptors (Lipinski definition) is 4. The molecule has 9 rings (SSSR count). The van der Waals surface area contributed by atoms with E-state index in [-0.39, 0.29) is 5.41 Å². The van der Waals surface area contributed by atoms with Crippen molar-refractivity contribution in [2.45, 2.75) is 26.2 Å². The van der Waals surface area contributed by atoms with Gasteiger partial charge < -0.3 is 4.57 Å². The molecule has 7 aromatic carbocycles. The molecule has 0 amide bonds. The minimum atomic E-state index is -0.0725. The number of nitriles is 1. The van der Waals surface area contributed by atoms with Crippen molar-refractivity contribution in [1.29, 1.82) is 5.26 Å². The summed E-state index contributed by atoms with van der Waals surface area (Å²) in [7, 11) is 0. The summed E-state index contributed by atoms with van der Waals surface area (Å²) in [5.41, 5.74) is 12.3. The van der Waals surface area contributed by atoms with Crippen LogP contribution in [0.4, 0.5) is 0 Å². The van der Waals surface area contributed by atoms with Crippen LogP contribution in [0.1, 0.15) is 48.8 Å². The number of allylic oxidation sites excluding steroid dienone is 4. The van der Waals surface area contributed by atoms with Gasteiger partial charge in [-0.3, -0.25) is 0 Å². The largest absolute Gasteiger partial charge is 0.309 e. The lowest BCUT2D eigenvalue weighted by molar-refractivity contribution is 0.591. The molecule has 0 saturated carbocycles. The van der Waals surface area contributed by atoms with Crippen LogP contribution in [0.5, 0.6) is 0 Å². The summed E-state index contributed by atoms with van der Waals surface area (Å²) in [6, 6.07) is 64.5. The highest BCUT2D eigenvalue weighted by molar-refractivity contribution is 6.17. The van der Waals surface area contributed by atoms with Crippen LogP contribution in [0.3, 0.4) is 0 Å². The number of hydrogen-bond donors (Lipinski definition) is 0. The van der Waals surface area contributed by atoms with Gasteiger partial charge in [-0.1, -0.05) is 179 Å². The Hall–Kier alpha value is -7.94. The fraction of sp³-hybridized carbons (Fsp3) is 0.0714. The molecule has 0 aliphatic carbocycles. The SMILES string of the molecule is C=C(/C=C(\C(=C\c1ccccc1)n1c2ccc(C#N)cc2c2cc(C(C)(C)C)ccc21)c1ccccc1)c1nc(-c2ccccc2)nc(-c2ccc(-c3ccccc3)cc2)n1. The maximum atomic E-state index is 10.0. The van der Waals surface area contributed by atoms with Gasteiger partial charge in [-0.25, -0.2) is 15.0 Å². The van der Waals surface area contributed by atoms with E-state index in [1.54, 1.807) is 0 Å². The van der Waals surface area contributed by atoms with E-state index in [1.165, 1.54) is 5.56 Å². The molecule has 292 valence electrons. The lowest BCUT2D eigenvalue weighted by atomic mass is 9.86. The molecule has 0 radical (unpaired) electrons. The van der Waals surface area contributed by atoms with E-state index in [1.807, 2.05) is 72.8 Å². The van der Waals surface area contributed by atoms with Crippen LogP contribution in [-0.4, -0.2) is 19.5 Å². The maximum absolute atomic E-state index is 10.0. The molecule has 9 aromatic rings. The molecule has 0 fully saturated rings. The molecule has 0 aliphatic heterocycles. The molecule has 0 aliphatic rings. The first-order valence-electron chi connectivity index (χ1n) is 20.4. The van der Waals surface area contributed by atoms with Gasteiger partial charge in [0.2, 0.25) is 0 Å². The highest BCUT2D eigenvalue weighted by Gasteiger charge is 2.22. The minimum absolute atomic E-state index is 0.0725. The van der Waals surface area contributed by atoms with Crippen molar-refractivity contribution in [2.75, 3.05) is 0 Å². The van der Waals surface area contributed by atoms with Gasteiger partial charge in [-0.15, -0.1) is 0 Å². The van der Waals surface area contributed by atoms with Crippen molar-refractivity contribution in [3.8, 4) is 40.0 Å². The Kier molecular flexibility index (Phi) is 10.4. The van der Waals surface area contributed by atoms with Gasteiger partial charge in [0.25, 0.3) is 0 Å². The molecule has 2 heterocycles. The third-order valence-electron chi connectivity index (χ3n) is 11.0. The molecule has 0 unspecified atom stereocenters. The maximum Gasteiger partial charge on any atom is 0.164 e. The molecule has 0 N–H and O–H groups in total. The van der Waals surface area contributed by atoms with Crippen LogP contribution in [0.15, 0.2) is 195 Å². The molecule has 2 aromatic heterocycles. The van der Waals surface area contributed by atoms with Crippen molar-refractivity contribution < 1.29 is 0 Å². The summed E-state index contributed by atoms with van der Waals surface area (Å²) in [4.78, 5) is 15.2. The average molecular weight is 786 g/mol. The van der Waals surface area contributed by atoms with E-state index >= 15 is 0 Å². The van der Waals surface area contributed by atoms with Crippen molar-refractivity contribution in [2.24, 2.45) is 0 Å². The quantitative estimate of drug-likeness (QED) is 0.137. The highest BCUT2D eigenvalue weighted by atomic mass is 15.0. The van der Waals surface area contributed by atoms with Gasteiger partial charge in [-0.2, -0.15) is 5.26 Å². The van der Waals surface area contributed by atoms with Crippen molar-refractivity contribution in [3.05, 3.63) is 223 Å². The fourth-order valence-corrected chi connectivity index (χ4v) is 7.76. The summed E-state index contributed by atoms with van der Waals surface area (Å²) in [6.07, 6.45) is 4.32. The Morgan fingerprint density at radius 3 is 1.69 bits per heavy atom. The Bertz CT molecular complexity index is 3150.